The Morgan fingerprint density at radius 2 is 2.09 bits per heavy atom. The van der Waals surface area contributed by atoms with Gasteiger partial charge in [-0.15, -0.1) is 0 Å². The molecule has 0 radical (unpaired) electrons. The molecule has 1 unspecified atom stereocenters. The van der Waals surface area contributed by atoms with Gasteiger partial charge < -0.3 is 20.7 Å². The number of nitrogens with one attached hydrogen (secondary N) is 3. The SMILES string of the molecule is CCOCCCNC(=O)c1cccc(NC(=O)C(C)CNC)c1. The molecule has 0 saturated heterocycles. The van der Waals surface area contributed by atoms with Crippen molar-refractivity contribution < 1.29 is 14.3 Å². The minimum Gasteiger partial charge on any atom is -0.382 e. The lowest BCUT2D eigenvalue weighted by Crippen LogP contribution is -2.29. The summed E-state index contributed by atoms with van der Waals surface area (Å²) >= 11 is 0. The Kier molecular flexibility index (Phi) is 8.94. The van der Waals surface area contributed by atoms with Crippen LogP contribution >= 0.6 is 0 Å². The molecule has 6 heteroatoms. The third-order valence-corrected chi connectivity index (χ3v) is 3.31. The molecule has 1 aromatic rings. The molecule has 1 rings (SSSR count). The van der Waals surface area contributed by atoms with E-state index in [2.05, 4.69) is 16.0 Å². The van der Waals surface area contributed by atoms with Gasteiger partial charge in [0.25, 0.3) is 5.91 Å². The van der Waals surface area contributed by atoms with Crippen LogP contribution in [-0.2, 0) is 9.53 Å². The number of carbonyl (C=O) groups excluding carboxylic acids is 2. The highest BCUT2D eigenvalue weighted by Crippen LogP contribution is 2.12. The van der Waals surface area contributed by atoms with Gasteiger partial charge in [0.05, 0.1) is 0 Å². The first-order valence-electron chi connectivity index (χ1n) is 8.00. The second kappa shape index (κ2) is 10.7. The van der Waals surface area contributed by atoms with Gasteiger partial charge in [-0.1, -0.05) is 13.0 Å². The second-order valence-corrected chi connectivity index (χ2v) is 5.34. The predicted octanol–water partition coefficient (Wildman–Crippen LogP) is 1.64. The molecule has 2 amide bonds. The molecule has 23 heavy (non-hydrogen) atoms. The summed E-state index contributed by atoms with van der Waals surface area (Å²) in [5, 5.41) is 8.63. The molecule has 0 aliphatic heterocycles. The normalized spacial score (nSPS) is 11.8. The fourth-order valence-electron chi connectivity index (χ4n) is 2.03. The number of ether oxygens (including phenoxy) is 1. The van der Waals surface area contributed by atoms with E-state index in [9.17, 15) is 9.59 Å². The Hall–Kier alpha value is -1.92. The Bertz CT molecular complexity index is 506. The van der Waals surface area contributed by atoms with Gasteiger partial charge in [-0.2, -0.15) is 0 Å². The average molecular weight is 321 g/mol. The lowest BCUT2D eigenvalue weighted by atomic mass is 10.1. The molecule has 1 aromatic carbocycles. The Morgan fingerprint density at radius 3 is 2.78 bits per heavy atom. The van der Waals surface area contributed by atoms with Crippen LogP contribution in [-0.4, -0.2) is 45.2 Å². The summed E-state index contributed by atoms with van der Waals surface area (Å²) in [7, 11) is 1.81. The Labute approximate surface area is 138 Å². The highest BCUT2D eigenvalue weighted by Gasteiger charge is 2.13. The summed E-state index contributed by atoms with van der Waals surface area (Å²) in [6.45, 7) is 6.27. The lowest BCUT2D eigenvalue weighted by molar-refractivity contribution is -0.119. The molecule has 0 spiro atoms. The fraction of sp³-hybridized carbons (Fsp3) is 0.529. The van der Waals surface area contributed by atoms with E-state index in [1.165, 1.54) is 0 Å². The monoisotopic (exact) mass is 321 g/mol. The van der Waals surface area contributed by atoms with Gasteiger partial charge in [-0.3, -0.25) is 9.59 Å². The van der Waals surface area contributed by atoms with E-state index in [4.69, 9.17) is 4.74 Å². The zero-order chi connectivity index (χ0) is 17.1. The summed E-state index contributed by atoms with van der Waals surface area (Å²) in [5.74, 6) is -0.370. The van der Waals surface area contributed by atoms with Crippen molar-refractivity contribution >= 4 is 17.5 Å². The summed E-state index contributed by atoms with van der Waals surface area (Å²) in [6, 6.07) is 6.94. The van der Waals surface area contributed by atoms with Crippen LogP contribution in [0.2, 0.25) is 0 Å². The second-order valence-electron chi connectivity index (χ2n) is 5.34. The molecule has 6 nitrogen and oxygen atoms in total. The molecule has 0 aromatic heterocycles. The van der Waals surface area contributed by atoms with Crippen molar-refractivity contribution in [2.24, 2.45) is 5.92 Å². The largest absolute Gasteiger partial charge is 0.382 e. The van der Waals surface area contributed by atoms with Gasteiger partial charge in [0, 0.05) is 43.5 Å². The van der Waals surface area contributed by atoms with Crippen LogP contribution < -0.4 is 16.0 Å². The van der Waals surface area contributed by atoms with Gasteiger partial charge >= 0.3 is 0 Å². The van der Waals surface area contributed by atoms with Gasteiger partial charge in [0.2, 0.25) is 5.91 Å². The highest BCUT2D eigenvalue weighted by molar-refractivity contribution is 5.97. The minimum absolute atomic E-state index is 0.0753. The highest BCUT2D eigenvalue weighted by atomic mass is 16.5. The van der Waals surface area contributed by atoms with Crippen LogP contribution in [0.4, 0.5) is 5.69 Å². The molecule has 1 atom stereocenters. The van der Waals surface area contributed by atoms with Crippen molar-refractivity contribution in [3.63, 3.8) is 0 Å². The van der Waals surface area contributed by atoms with Crippen LogP contribution in [0.3, 0.4) is 0 Å². The van der Waals surface area contributed by atoms with Crippen molar-refractivity contribution in [2.75, 3.05) is 38.7 Å². The van der Waals surface area contributed by atoms with E-state index >= 15 is 0 Å². The van der Waals surface area contributed by atoms with Crippen LogP contribution in [0.15, 0.2) is 24.3 Å². The van der Waals surface area contributed by atoms with Crippen molar-refractivity contribution in [3.05, 3.63) is 29.8 Å². The molecule has 3 N–H and O–H groups in total. The van der Waals surface area contributed by atoms with Gasteiger partial charge in [0.15, 0.2) is 0 Å². The van der Waals surface area contributed by atoms with Gasteiger partial charge in [0.1, 0.15) is 0 Å². The minimum atomic E-state index is -0.152. The topological polar surface area (TPSA) is 79.5 Å². The zero-order valence-corrected chi connectivity index (χ0v) is 14.1. The van der Waals surface area contributed by atoms with Gasteiger partial charge in [-0.25, -0.2) is 0 Å². The Morgan fingerprint density at radius 1 is 1.30 bits per heavy atom. The van der Waals surface area contributed by atoms with E-state index in [0.29, 0.717) is 37.6 Å². The van der Waals surface area contributed by atoms with E-state index in [0.717, 1.165) is 6.42 Å². The van der Waals surface area contributed by atoms with Crippen molar-refractivity contribution in [1.29, 1.82) is 0 Å². The fourth-order valence-corrected chi connectivity index (χ4v) is 2.03. The number of rotatable bonds is 10. The lowest BCUT2D eigenvalue weighted by Gasteiger charge is -2.12. The number of benzene rings is 1. The molecule has 128 valence electrons. The van der Waals surface area contributed by atoms with E-state index < -0.39 is 0 Å². The number of hydrogen-bond acceptors (Lipinski definition) is 4. The molecule has 0 aliphatic carbocycles. The maximum atomic E-state index is 12.1. The average Bonchev–Trinajstić information content (AvgIpc) is 2.55. The number of hydrogen-bond donors (Lipinski definition) is 3. The smallest absolute Gasteiger partial charge is 0.251 e. The number of amides is 2. The third kappa shape index (κ3) is 7.25. The van der Waals surface area contributed by atoms with Crippen LogP contribution in [0.5, 0.6) is 0 Å². The summed E-state index contributed by atoms with van der Waals surface area (Å²) in [5.41, 5.74) is 1.15. The molecular weight excluding hydrogens is 294 g/mol. The number of carbonyl (C=O) groups is 2. The predicted molar refractivity (Wildman–Crippen MR) is 91.6 cm³/mol. The quantitative estimate of drug-likeness (QED) is 0.572. The van der Waals surface area contributed by atoms with Crippen LogP contribution in [0, 0.1) is 5.92 Å². The van der Waals surface area contributed by atoms with E-state index in [1.54, 1.807) is 31.3 Å². The molecule has 0 aliphatic rings. The van der Waals surface area contributed by atoms with Crippen LogP contribution in [0.1, 0.15) is 30.6 Å². The first kappa shape index (κ1) is 19.1. The van der Waals surface area contributed by atoms with Crippen molar-refractivity contribution in [3.8, 4) is 0 Å². The molecule has 0 bridgehead atoms. The van der Waals surface area contributed by atoms with Crippen molar-refractivity contribution in [2.45, 2.75) is 20.3 Å². The summed E-state index contributed by atoms with van der Waals surface area (Å²) in [4.78, 5) is 24.1. The van der Waals surface area contributed by atoms with Crippen LogP contribution in [0.25, 0.3) is 0 Å². The third-order valence-electron chi connectivity index (χ3n) is 3.31. The van der Waals surface area contributed by atoms with Gasteiger partial charge in [-0.05, 0) is 38.6 Å². The maximum Gasteiger partial charge on any atom is 0.251 e. The standard InChI is InChI=1S/C17H27N3O3/c1-4-23-10-6-9-19-17(22)14-7-5-8-15(11-14)20-16(21)13(2)12-18-3/h5,7-8,11,13,18H,4,6,9-10,12H2,1-3H3,(H,19,22)(H,20,21). The summed E-state index contributed by atoms with van der Waals surface area (Å²) < 4.78 is 5.22. The Balaban J connectivity index is 2.52. The summed E-state index contributed by atoms with van der Waals surface area (Å²) in [6.07, 6.45) is 0.775. The molecule has 0 heterocycles. The van der Waals surface area contributed by atoms with Crippen molar-refractivity contribution in [1.82, 2.24) is 10.6 Å². The first-order chi connectivity index (χ1) is 11.1. The zero-order valence-electron chi connectivity index (χ0n) is 14.1. The molecule has 0 fully saturated rings. The van der Waals surface area contributed by atoms with E-state index in [1.807, 2.05) is 13.8 Å². The molecule has 0 saturated carbocycles. The van der Waals surface area contributed by atoms with E-state index in [-0.39, 0.29) is 17.7 Å². The molecular formula is C17H27N3O3. The maximum absolute atomic E-state index is 12.1. The first-order valence-corrected chi connectivity index (χ1v) is 8.00. The number of anilines is 1.